The van der Waals surface area contributed by atoms with E-state index in [4.69, 9.17) is 4.74 Å². The topological polar surface area (TPSA) is 55.4 Å². The molecule has 0 unspecified atom stereocenters. The van der Waals surface area contributed by atoms with Crippen molar-refractivity contribution in [3.8, 4) is 0 Å². The van der Waals surface area contributed by atoms with E-state index in [1.807, 2.05) is 17.5 Å². The van der Waals surface area contributed by atoms with Crippen molar-refractivity contribution in [3.05, 3.63) is 46.7 Å². The van der Waals surface area contributed by atoms with Crippen molar-refractivity contribution in [2.45, 2.75) is 23.5 Å². The summed E-state index contributed by atoms with van der Waals surface area (Å²) in [6, 6.07) is 10.0. The maximum Gasteiger partial charge on any atom is 0.306 e. The van der Waals surface area contributed by atoms with Crippen molar-refractivity contribution in [2.24, 2.45) is 0 Å². The minimum absolute atomic E-state index is 0.186. The number of hydrogen-bond acceptors (Lipinski definition) is 5. The second-order valence-electron chi connectivity index (χ2n) is 4.66. The molecule has 0 saturated heterocycles. The molecule has 4 nitrogen and oxygen atoms in total. The van der Waals surface area contributed by atoms with E-state index in [2.05, 4.69) is 5.32 Å². The number of alkyl halides is 2. The Labute approximate surface area is 146 Å². The molecule has 2 rings (SSSR count). The molecule has 0 aliphatic carbocycles. The fraction of sp³-hybridized carbons (Fsp3) is 0.250. The predicted molar refractivity (Wildman–Crippen MR) is 90.5 cm³/mol. The van der Waals surface area contributed by atoms with Crippen LogP contribution >= 0.6 is 23.1 Å². The van der Waals surface area contributed by atoms with Gasteiger partial charge in [0.15, 0.2) is 6.61 Å². The lowest BCUT2D eigenvalue weighted by Crippen LogP contribution is -2.21. The molecule has 0 saturated carbocycles. The zero-order chi connectivity index (χ0) is 17.4. The van der Waals surface area contributed by atoms with Gasteiger partial charge in [0.05, 0.1) is 12.1 Å². The highest BCUT2D eigenvalue weighted by Crippen LogP contribution is 2.31. The molecule has 1 aromatic heterocycles. The maximum absolute atomic E-state index is 12.5. The van der Waals surface area contributed by atoms with Crippen LogP contribution in [0.2, 0.25) is 0 Å². The number of rotatable bonds is 8. The lowest BCUT2D eigenvalue weighted by Gasteiger charge is -2.10. The number of carbonyl (C=O) groups excluding carboxylic acids is 2. The van der Waals surface area contributed by atoms with Gasteiger partial charge in [-0.2, -0.15) is 8.78 Å². The summed E-state index contributed by atoms with van der Waals surface area (Å²) < 4.78 is 29.8. The Kier molecular flexibility index (Phi) is 7.20. The van der Waals surface area contributed by atoms with Crippen LogP contribution in [0.1, 0.15) is 11.3 Å². The van der Waals surface area contributed by atoms with Gasteiger partial charge in [-0.3, -0.25) is 9.59 Å². The molecular weight excluding hydrogens is 356 g/mol. The summed E-state index contributed by atoms with van der Waals surface area (Å²) in [5.41, 5.74) is 0.266. The van der Waals surface area contributed by atoms with Crippen molar-refractivity contribution >= 4 is 40.7 Å². The Morgan fingerprint density at radius 2 is 2.00 bits per heavy atom. The standard InChI is InChI=1S/C16H15F2NO3S2/c17-16(18)24-13-6-2-1-5-12(13)19-14(20)10-22-15(21)8-7-11-4-3-9-23-11/h1-6,9,16H,7-8,10H2,(H,19,20). The van der Waals surface area contributed by atoms with Gasteiger partial charge in [-0.1, -0.05) is 30.0 Å². The van der Waals surface area contributed by atoms with Crippen LogP contribution in [0.25, 0.3) is 0 Å². The molecule has 1 N–H and O–H groups in total. The largest absolute Gasteiger partial charge is 0.456 e. The van der Waals surface area contributed by atoms with Crippen LogP contribution in [0.3, 0.4) is 0 Å². The van der Waals surface area contributed by atoms with Crippen molar-refractivity contribution in [1.29, 1.82) is 0 Å². The van der Waals surface area contributed by atoms with E-state index in [0.29, 0.717) is 18.2 Å². The zero-order valence-corrected chi connectivity index (χ0v) is 14.2. The van der Waals surface area contributed by atoms with E-state index >= 15 is 0 Å². The average molecular weight is 371 g/mol. The van der Waals surface area contributed by atoms with Crippen LogP contribution in [-0.4, -0.2) is 24.2 Å². The normalized spacial score (nSPS) is 10.6. The van der Waals surface area contributed by atoms with Gasteiger partial charge in [-0.25, -0.2) is 0 Å². The quantitative estimate of drug-likeness (QED) is 0.559. The van der Waals surface area contributed by atoms with Gasteiger partial charge in [0.2, 0.25) is 0 Å². The Morgan fingerprint density at radius 1 is 1.21 bits per heavy atom. The van der Waals surface area contributed by atoms with Gasteiger partial charge in [-0.15, -0.1) is 11.3 Å². The fourth-order valence-electron chi connectivity index (χ4n) is 1.85. The number of halogens is 2. The molecule has 0 atom stereocenters. The van der Waals surface area contributed by atoms with Crippen molar-refractivity contribution in [3.63, 3.8) is 0 Å². The highest BCUT2D eigenvalue weighted by molar-refractivity contribution is 7.99. The van der Waals surface area contributed by atoms with Crippen LogP contribution in [0, 0.1) is 0 Å². The molecule has 1 heterocycles. The second-order valence-corrected chi connectivity index (χ2v) is 6.73. The Morgan fingerprint density at radius 3 is 2.71 bits per heavy atom. The fourth-order valence-corrected chi connectivity index (χ4v) is 3.16. The van der Waals surface area contributed by atoms with Crippen molar-refractivity contribution in [1.82, 2.24) is 0 Å². The van der Waals surface area contributed by atoms with Gasteiger partial charge in [-0.05, 0) is 30.0 Å². The van der Waals surface area contributed by atoms with Crippen molar-refractivity contribution in [2.75, 3.05) is 11.9 Å². The third kappa shape index (κ3) is 6.29. The molecule has 0 spiro atoms. The minimum Gasteiger partial charge on any atom is -0.456 e. The van der Waals surface area contributed by atoms with Gasteiger partial charge in [0, 0.05) is 9.77 Å². The molecule has 0 bridgehead atoms. The molecular formula is C16H15F2NO3S2. The number of hydrogen-bond donors (Lipinski definition) is 1. The summed E-state index contributed by atoms with van der Waals surface area (Å²) in [6.07, 6.45) is 0.748. The first-order valence-corrected chi connectivity index (χ1v) is 8.82. The smallest absolute Gasteiger partial charge is 0.306 e. The Hall–Kier alpha value is -1.93. The molecule has 8 heteroatoms. The second kappa shape index (κ2) is 9.39. The lowest BCUT2D eigenvalue weighted by molar-refractivity contribution is -0.147. The van der Waals surface area contributed by atoms with E-state index in [1.165, 1.54) is 12.1 Å². The number of esters is 1. The molecule has 2 aromatic rings. The maximum atomic E-state index is 12.5. The number of para-hydroxylation sites is 1. The lowest BCUT2D eigenvalue weighted by atomic mass is 10.3. The third-order valence-corrected chi connectivity index (χ3v) is 4.62. The molecule has 1 aromatic carbocycles. The monoisotopic (exact) mass is 371 g/mol. The van der Waals surface area contributed by atoms with Gasteiger partial charge >= 0.3 is 5.97 Å². The summed E-state index contributed by atoms with van der Waals surface area (Å²) >= 11 is 1.89. The summed E-state index contributed by atoms with van der Waals surface area (Å²) in [6.45, 7) is -0.447. The number of nitrogens with one attached hydrogen (secondary N) is 1. The highest BCUT2D eigenvalue weighted by atomic mass is 32.2. The van der Waals surface area contributed by atoms with Crippen molar-refractivity contribution < 1.29 is 23.1 Å². The summed E-state index contributed by atoms with van der Waals surface area (Å²) in [4.78, 5) is 24.7. The van der Waals surface area contributed by atoms with Crippen LogP contribution in [0.15, 0.2) is 46.7 Å². The molecule has 128 valence electrons. The van der Waals surface area contributed by atoms with Crippen LogP contribution in [-0.2, 0) is 20.7 Å². The Balaban J connectivity index is 1.78. The van der Waals surface area contributed by atoms with Crippen LogP contribution in [0.5, 0.6) is 0 Å². The van der Waals surface area contributed by atoms with Gasteiger partial charge in [0.1, 0.15) is 0 Å². The van der Waals surface area contributed by atoms with Crippen LogP contribution in [0.4, 0.5) is 14.5 Å². The number of ether oxygens (including phenoxy) is 1. The zero-order valence-electron chi connectivity index (χ0n) is 12.5. The van der Waals surface area contributed by atoms with E-state index in [0.717, 1.165) is 4.88 Å². The van der Waals surface area contributed by atoms with E-state index in [1.54, 1.807) is 23.5 Å². The molecule has 24 heavy (non-hydrogen) atoms. The summed E-state index contributed by atoms with van der Waals surface area (Å²) in [7, 11) is 0. The van der Waals surface area contributed by atoms with Crippen LogP contribution < -0.4 is 5.32 Å². The van der Waals surface area contributed by atoms with E-state index in [-0.39, 0.29) is 17.0 Å². The third-order valence-electron chi connectivity index (χ3n) is 2.90. The number of carbonyl (C=O) groups is 2. The molecule has 0 aliphatic heterocycles. The number of aryl methyl sites for hydroxylation is 1. The number of thioether (sulfide) groups is 1. The Bertz CT molecular complexity index is 678. The molecule has 0 radical (unpaired) electrons. The molecule has 0 fully saturated rings. The number of benzene rings is 1. The highest BCUT2D eigenvalue weighted by Gasteiger charge is 2.13. The first-order chi connectivity index (χ1) is 11.5. The molecule has 0 aliphatic rings. The van der Waals surface area contributed by atoms with Gasteiger partial charge in [0.25, 0.3) is 11.7 Å². The summed E-state index contributed by atoms with van der Waals surface area (Å²) in [5, 5.41) is 4.39. The first kappa shape index (κ1) is 18.4. The SMILES string of the molecule is O=C(COC(=O)CCc1cccs1)Nc1ccccc1SC(F)F. The number of anilines is 1. The van der Waals surface area contributed by atoms with E-state index in [9.17, 15) is 18.4 Å². The van der Waals surface area contributed by atoms with Gasteiger partial charge < -0.3 is 10.1 Å². The number of amides is 1. The van der Waals surface area contributed by atoms with E-state index < -0.39 is 24.2 Å². The average Bonchev–Trinajstić information content (AvgIpc) is 3.06. The molecule has 1 amide bonds. The minimum atomic E-state index is -2.59. The number of thiophene rings is 1. The predicted octanol–water partition coefficient (Wildman–Crippen LogP) is 4.18. The summed E-state index contributed by atoms with van der Waals surface area (Å²) in [5.74, 6) is -3.63. The first-order valence-electron chi connectivity index (χ1n) is 7.06.